The molecule has 0 spiro atoms. The van der Waals surface area contributed by atoms with Crippen molar-refractivity contribution in [1.82, 2.24) is 0 Å². The van der Waals surface area contributed by atoms with Crippen LogP contribution in [0.3, 0.4) is 0 Å². The molecule has 218 valence electrons. The number of hydrogen-bond acceptors (Lipinski definition) is 4. The van der Waals surface area contributed by atoms with Crippen molar-refractivity contribution in [3.63, 3.8) is 0 Å². The summed E-state index contributed by atoms with van der Waals surface area (Å²) in [6.07, 6.45) is 24.1. The third kappa shape index (κ3) is 20.8. The summed E-state index contributed by atoms with van der Waals surface area (Å²) in [6, 6.07) is 6.94. The monoisotopic (exact) mass is 532 g/mol. The van der Waals surface area contributed by atoms with Gasteiger partial charge in [0.15, 0.2) is 0 Å². The predicted octanol–water partition coefficient (Wildman–Crippen LogP) is 10.6. The first kappa shape index (κ1) is 33.8. The van der Waals surface area contributed by atoms with E-state index in [9.17, 15) is 9.59 Å². The number of unbranched alkanes of at least 4 members (excludes halogenated alkanes) is 18. The van der Waals surface area contributed by atoms with E-state index in [-0.39, 0.29) is 0 Å². The minimum Gasteiger partial charge on any atom is -0.449 e. The van der Waals surface area contributed by atoms with E-state index >= 15 is 0 Å². The summed E-state index contributed by atoms with van der Waals surface area (Å²) in [5.74, 6) is 0. The van der Waals surface area contributed by atoms with Gasteiger partial charge in [-0.15, -0.1) is 0 Å². The van der Waals surface area contributed by atoms with Crippen LogP contribution in [0.15, 0.2) is 24.3 Å². The molecule has 0 aliphatic heterocycles. The van der Waals surface area contributed by atoms with Crippen LogP contribution in [0.4, 0.5) is 21.0 Å². The fourth-order valence-electron chi connectivity index (χ4n) is 4.45. The normalized spacial score (nSPS) is 10.8. The van der Waals surface area contributed by atoms with Gasteiger partial charge in [-0.1, -0.05) is 129 Å². The topological polar surface area (TPSA) is 76.7 Å². The third-order valence-electron chi connectivity index (χ3n) is 6.84. The summed E-state index contributed by atoms with van der Waals surface area (Å²) in [6.45, 7) is 5.37. The summed E-state index contributed by atoms with van der Waals surface area (Å²) >= 11 is 0. The van der Waals surface area contributed by atoms with Gasteiger partial charge in [0, 0.05) is 11.4 Å². The molecular weight excluding hydrogens is 476 g/mol. The molecule has 0 fully saturated rings. The molecule has 2 amide bonds. The number of hydrogen-bond donors (Lipinski definition) is 2. The van der Waals surface area contributed by atoms with Crippen molar-refractivity contribution in [2.45, 2.75) is 142 Å². The van der Waals surface area contributed by atoms with Gasteiger partial charge in [0.25, 0.3) is 0 Å². The van der Waals surface area contributed by atoms with Crippen molar-refractivity contribution in [3.8, 4) is 0 Å². The number of anilines is 2. The second kappa shape index (κ2) is 25.1. The van der Waals surface area contributed by atoms with Crippen molar-refractivity contribution in [3.05, 3.63) is 24.3 Å². The summed E-state index contributed by atoms with van der Waals surface area (Å²) in [5.41, 5.74) is 1.25. The lowest BCUT2D eigenvalue weighted by molar-refractivity contribution is 0.158. The van der Waals surface area contributed by atoms with Crippen LogP contribution < -0.4 is 10.6 Å². The Balaban J connectivity index is 2.01. The highest BCUT2D eigenvalue weighted by Crippen LogP contribution is 2.15. The lowest BCUT2D eigenvalue weighted by atomic mass is 10.1. The van der Waals surface area contributed by atoms with Gasteiger partial charge in [0.2, 0.25) is 0 Å². The van der Waals surface area contributed by atoms with Gasteiger partial charge in [0.05, 0.1) is 13.2 Å². The third-order valence-corrected chi connectivity index (χ3v) is 6.84. The van der Waals surface area contributed by atoms with E-state index in [4.69, 9.17) is 9.47 Å². The molecule has 0 radical (unpaired) electrons. The van der Waals surface area contributed by atoms with E-state index in [2.05, 4.69) is 24.5 Å². The number of amides is 2. The molecule has 0 heterocycles. The Morgan fingerprint density at radius 3 is 1.03 bits per heavy atom. The molecule has 2 N–H and O–H groups in total. The molecule has 6 heteroatoms. The largest absolute Gasteiger partial charge is 0.449 e. The van der Waals surface area contributed by atoms with Crippen molar-refractivity contribution in [2.24, 2.45) is 0 Å². The molecule has 0 aromatic heterocycles. The number of rotatable bonds is 24. The Morgan fingerprint density at radius 1 is 0.474 bits per heavy atom. The molecule has 1 rings (SSSR count). The fraction of sp³-hybridized carbons (Fsp3) is 0.750. The number of benzene rings is 1. The molecular formula is C32H56N2O4. The summed E-state index contributed by atoms with van der Waals surface area (Å²) in [7, 11) is 0. The molecule has 0 unspecified atom stereocenters. The summed E-state index contributed by atoms with van der Waals surface area (Å²) in [4.78, 5) is 24.0. The molecule has 38 heavy (non-hydrogen) atoms. The average molecular weight is 533 g/mol. The zero-order valence-corrected chi connectivity index (χ0v) is 24.5. The van der Waals surface area contributed by atoms with Crippen molar-refractivity contribution in [2.75, 3.05) is 23.8 Å². The highest BCUT2D eigenvalue weighted by Gasteiger charge is 2.06. The predicted molar refractivity (Wildman–Crippen MR) is 160 cm³/mol. The van der Waals surface area contributed by atoms with Crippen LogP contribution in [0.2, 0.25) is 0 Å². The standard InChI is InChI=1S/C32H56N2O4/c1-3-5-7-9-11-13-15-17-19-21-27-37-31(35)33-29-23-25-30(26-24-29)34-32(36)38-28-22-20-18-16-14-12-10-8-6-4-2/h23-26H,3-22,27-28H2,1-2H3,(H,33,35)(H,34,36). The zero-order valence-electron chi connectivity index (χ0n) is 24.5. The number of carbonyl (C=O) groups excluding carboxylic acids is 2. The van der Waals surface area contributed by atoms with Crippen molar-refractivity contribution >= 4 is 23.6 Å². The highest BCUT2D eigenvalue weighted by atomic mass is 16.6. The lowest BCUT2D eigenvalue weighted by Crippen LogP contribution is -2.15. The SMILES string of the molecule is CCCCCCCCCCCCOC(=O)Nc1ccc(NC(=O)OCCCCCCCCCCCC)cc1. The Bertz CT molecular complexity index is 634. The maximum absolute atomic E-state index is 12.0. The van der Waals surface area contributed by atoms with E-state index in [1.807, 2.05) is 0 Å². The van der Waals surface area contributed by atoms with Crippen LogP contribution in [0.1, 0.15) is 142 Å². The van der Waals surface area contributed by atoms with Crippen molar-refractivity contribution < 1.29 is 19.1 Å². The minimum absolute atomic E-state index is 0.437. The van der Waals surface area contributed by atoms with Crippen LogP contribution in [0.25, 0.3) is 0 Å². The quantitative estimate of drug-likeness (QED) is 0.130. The van der Waals surface area contributed by atoms with Crippen LogP contribution in [0, 0.1) is 0 Å². The van der Waals surface area contributed by atoms with Crippen molar-refractivity contribution in [1.29, 1.82) is 0 Å². The molecule has 0 bridgehead atoms. The van der Waals surface area contributed by atoms with E-state index < -0.39 is 12.2 Å². The van der Waals surface area contributed by atoms with Gasteiger partial charge in [-0.2, -0.15) is 0 Å². The smallest absolute Gasteiger partial charge is 0.411 e. The second-order valence-electron chi connectivity index (χ2n) is 10.5. The number of ether oxygens (including phenoxy) is 2. The van der Waals surface area contributed by atoms with Crippen LogP contribution in [0.5, 0.6) is 0 Å². The molecule has 6 nitrogen and oxygen atoms in total. The van der Waals surface area contributed by atoms with Gasteiger partial charge >= 0.3 is 12.2 Å². The van der Waals surface area contributed by atoms with E-state index in [1.54, 1.807) is 24.3 Å². The van der Waals surface area contributed by atoms with Gasteiger partial charge in [0.1, 0.15) is 0 Å². The fourth-order valence-corrected chi connectivity index (χ4v) is 4.45. The first-order valence-electron chi connectivity index (χ1n) is 15.6. The van der Waals surface area contributed by atoms with E-state index in [1.165, 1.54) is 103 Å². The van der Waals surface area contributed by atoms with E-state index in [0.29, 0.717) is 24.6 Å². The van der Waals surface area contributed by atoms with E-state index in [0.717, 1.165) is 25.7 Å². The first-order chi connectivity index (χ1) is 18.7. The van der Waals surface area contributed by atoms with Crippen LogP contribution in [-0.4, -0.2) is 25.4 Å². The van der Waals surface area contributed by atoms with Crippen LogP contribution in [-0.2, 0) is 9.47 Å². The maximum Gasteiger partial charge on any atom is 0.411 e. The van der Waals surface area contributed by atoms with Gasteiger partial charge in [-0.3, -0.25) is 10.6 Å². The average Bonchev–Trinajstić information content (AvgIpc) is 2.91. The highest BCUT2D eigenvalue weighted by molar-refractivity contribution is 5.87. The number of nitrogens with one attached hydrogen (secondary N) is 2. The Kier molecular flexibility index (Phi) is 22.3. The molecule has 0 atom stereocenters. The maximum atomic E-state index is 12.0. The molecule has 0 saturated heterocycles. The Labute approximate surface area is 233 Å². The van der Waals surface area contributed by atoms with Gasteiger partial charge < -0.3 is 9.47 Å². The summed E-state index contributed by atoms with van der Waals surface area (Å²) < 4.78 is 10.6. The molecule has 1 aromatic rings. The Morgan fingerprint density at radius 2 is 0.737 bits per heavy atom. The lowest BCUT2D eigenvalue weighted by Gasteiger charge is -2.09. The summed E-state index contributed by atoms with van der Waals surface area (Å²) in [5, 5.41) is 5.46. The van der Waals surface area contributed by atoms with Crippen LogP contribution >= 0.6 is 0 Å². The first-order valence-corrected chi connectivity index (χ1v) is 15.6. The molecule has 1 aromatic carbocycles. The second-order valence-corrected chi connectivity index (χ2v) is 10.5. The molecule has 0 saturated carbocycles. The number of carbonyl (C=O) groups is 2. The molecule has 0 aliphatic carbocycles. The molecule has 0 aliphatic rings. The zero-order chi connectivity index (χ0) is 27.5. The van der Waals surface area contributed by atoms with Gasteiger partial charge in [-0.25, -0.2) is 9.59 Å². The Hall–Kier alpha value is -2.24. The minimum atomic E-state index is -0.447. The van der Waals surface area contributed by atoms with Gasteiger partial charge in [-0.05, 0) is 37.1 Å².